The van der Waals surface area contributed by atoms with E-state index >= 15 is 0 Å². The number of halogens is 17. The van der Waals surface area contributed by atoms with Gasteiger partial charge in [0.05, 0.1) is 0 Å². The van der Waals surface area contributed by atoms with Gasteiger partial charge < -0.3 is 9.47 Å². The Balaban J connectivity index is 7.26. The van der Waals surface area contributed by atoms with E-state index in [0.29, 0.717) is 0 Å². The molecule has 7 nitrogen and oxygen atoms in total. The Morgan fingerprint density at radius 2 is 0.733 bits per heavy atom. The highest BCUT2D eigenvalue weighted by Gasteiger charge is 2.96. The molecule has 0 spiro atoms. The maximum atomic E-state index is 14.7. The highest BCUT2D eigenvalue weighted by atomic mass is 32.2. The third-order valence-electron chi connectivity index (χ3n) is 4.81. The van der Waals surface area contributed by atoms with Crippen LogP contribution in [0.5, 0.6) is 0 Å². The summed E-state index contributed by atoms with van der Waals surface area (Å²) in [4.78, 5) is 24.0. The van der Waals surface area contributed by atoms with Crippen LogP contribution in [0.1, 0.15) is 41.5 Å². The van der Waals surface area contributed by atoms with Crippen LogP contribution in [0.4, 0.5) is 74.6 Å². The van der Waals surface area contributed by atoms with Crippen molar-refractivity contribution >= 4 is 22.0 Å². The van der Waals surface area contributed by atoms with Gasteiger partial charge in [0.2, 0.25) is 0 Å². The molecule has 0 aliphatic carbocycles. The smallest absolute Gasteiger partial charge is 0.459 e. The van der Waals surface area contributed by atoms with Gasteiger partial charge in [0, 0.05) is 0 Å². The predicted molar refractivity (Wildman–Crippen MR) is 113 cm³/mol. The molecule has 45 heavy (non-hydrogen) atoms. The van der Waals surface area contributed by atoms with E-state index in [1.807, 2.05) is 0 Å². The van der Waals surface area contributed by atoms with Crippen LogP contribution in [-0.4, -0.2) is 95.9 Å². The minimum absolute atomic E-state index is 1.02. The molecule has 0 aromatic rings. The Morgan fingerprint density at radius 3 is 0.978 bits per heavy atom. The summed E-state index contributed by atoms with van der Waals surface area (Å²) in [5.74, 6) is -56.9. The number of rotatable bonds is 12. The van der Waals surface area contributed by atoms with E-state index < -0.39 is 97.5 Å². The van der Waals surface area contributed by atoms with Gasteiger partial charge in [-0.2, -0.15) is 78.9 Å². The van der Waals surface area contributed by atoms with E-state index in [1.54, 1.807) is 0 Å². The van der Waals surface area contributed by atoms with Crippen molar-refractivity contribution in [3.8, 4) is 0 Å². The fourth-order valence-corrected chi connectivity index (χ4v) is 4.06. The molecular formula is C20H22F17NO6S. The zero-order valence-corrected chi connectivity index (χ0v) is 24.0. The second-order valence-electron chi connectivity index (χ2n) is 10.9. The summed E-state index contributed by atoms with van der Waals surface area (Å²) >= 11 is 0. The SMILES string of the molecule is CC(C)(C)OC(=O)CN(CC(=O)OC(C)(C)C)S(=O)(=O)C(F)(F)C(F)(F)C(F)(F)C(F)(F)C(F)(F)C(F)(F)C(F)(F)C(F)(F)F. The van der Waals surface area contributed by atoms with Crippen LogP contribution in [0, 0.1) is 0 Å². The summed E-state index contributed by atoms with van der Waals surface area (Å²) in [6.07, 6.45) is -7.97. The number of hydrogen-bond donors (Lipinski definition) is 0. The van der Waals surface area contributed by atoms with Crippen LogP contribution in [0.3, 0.4) is 0 Å². The Kier molecular flexibility index (Phi) is 11.1. The molecule has 0 radical (unpaired) electrons. The van der Waals surface area contributed by atoms with E-state index in [0.717, 1.165) is 41.5 Å². The summed E-state index contributed by atoms with van der Waals surface area (Å²) < 4.78 is 263. The molecule has 25 heteroatoms. The van der Waals surface area contributed by atoms with Gasteiger partial charge in [-0.1, -0.05) is 0 Å². The van der Waals surface area contributed by atoms with Gasteiger partial charge in [-0.25, -0.2) is 8.42 Å². The number of nitrogens with zero attached hydrogens (tertiary/aromatic N) is 1. The number of ether oxygens (including phenoxy) is 2. The molecule has 268 valence electrons. The van der Waals surface area contributed by atoms with Gasteiger partial charge in [0.25, 0.3) is 10.0 Å². The van der Waals surface area contributed by atoms with Crippen molar-refractivity contribution in [2.75, 3.05) is 13.1 Å². The lowest BCUT2D eigenvalue weighted by atomic mass is 9.91. The molecule has 0 saturated carbocycles. The van der Waals surface area contributed by atoms with Gasteiger partial charge in [-0.15, -0.1) is 0 Å². The Hall–Kier alpha value is -2.34. The first-order valence-electron chi connectivity index (χ1n) is 11.2. The van der Waals surface area contributed by atoms with Crippen molar-refractivity contribution in [2.45, 2.75) is 99.7 Å². The minimum Gasteiger partial charge on any atom is -0.459 e. The Bertz CT molecular complexity index is 1190. The third kappa shape index (κ3) is 7.47. The number of carbonyl (C=O) groups excluding carboxylic acids is 2. The second-order valence-corrected chi connectivity index (χ2v) is 12.9. The first kappa shape index (κ1) is 42.7. The van der Waals surface area contributed by atoms with Gasteiger partial charge in [-0.05, 0) is 41.5 Å². The summed E-state index contributed by atoms with van der Waals surface area (Å²) in [5.41, 5.74) is -3.34. The first-order chi connectivity index (χ1) is 19.1. The zero-order chi connectivity index (χ0) is 37.1. The second kappa shape index (κ2) is 11.7. The molecular weight excluding hydrogens is 705 g/mol. The minimum atomic E-state index is -9.04. The van der Waals surface area contributed by atoms with Gasteiger partial charge in [0.1, 0.15) is 24.3 Å². The van der Waals surface area contributed by atoms with E-state index in [1.165, 1.54) is 0 Å². The lowest BCUT2D eigenvalue weighted by Crippen LogP contribution is -2.75. The highest BCUT2D eigenvalue weighted by Crippen LogP contribution is 2.64. The molecule has 0 N–H and O–H groups in total. The standard InChI is InChI=1S/C20H22F17NO6S/c1-11(2,3)43-9(39)7-38(8-10(40)44-12(4,5)6)45(41,42)20(36,37)18(31,32)16(27,28)14(23,24)13(21,22)15(25,26)17(29,30)19(33,34)35/h7-8H2,1-6H3. The maximum Gasteiger partial charge on any atom is 0.460 e. The summed E-state index contributed by atoms with van der Waals surface area (Å²) in [6.45, 7) is 1.42. The number of sulfonamides is 1. The molecule has 0 aromatic heterocycles. The highest BCUT2D eigenvalue weighted by molar-refractivity contribution is 7.90. The molecule has 0 heterocycles. The first-order valence-corrected chi connectivity index (χ1v) is 12.7. The van der Waals surface area contributed by atoms with Crippen molar-refractivity contribution in [1.82, 2.24) is 4.31 Å². The van der Waals surface area contributed by atoms with Crippen LogP contribution < -0.4 is 0 Å². The molecule has 0 saturated heterocycles. The van der Waals surface area contributed by atoms with Crippen LogP contribution >= 0.6 is 0 Å². The predicted octanol–water partition coefficient (Wildman–Crippen LogP) is 6.27. The lowest BCUT2D eigenvalue weighted by molar-refractivity contribution is -0.458. The molecule has 0 aliphatic rings. The van der Waals surface area contributed by atoms with E-state index in [2.05, 4.69) is 9.47 Å². The van der Waals surface area contributed by atoms with Gasteiger partial charge in [0.15, 0.2) is 0 Å². The fraction of sp³-hybridized carbons (Fsp3) is 0.900. The number of alkyl halides is 17. The molecule has 0 bridgehead atoms. The molecule has 0 rings (SSSR count). The number of esters is 2. The average Bonchev–Trinajstić information content (AvgIpc) is 2.74. The van der Waals surface area contributed by atoms with Crippen LogP contribution in [0.25, 0.3) is 0 Å². The third-order valence-corrected chi connectivity index (χ3v) is 6.65. The summed E-state index contributed by atoms with van der Waals surface area (Å²) in [5, 5.41) is -7.98. The monoisotopic (exact) mass is 727 g/mol. The molecule has 0 amide bonds. The molecule has 0 unspecified atom stereocenters. The molecule has 0 aliphatic heterocycles. The average molecular weight is 727 g/mol. The molecule has 0 atom stereocenters. The van der Waals surface area contributed by atoms with Crippen LogP contribution in [0.2, 0.25) is 0 Å². The topological polar surface area (TPSA) is 90.0 Å². The Labute approximate surface area is 242 Å². The fourth-order valence-electron chi connectivity index (χ4n) is 2.73. The normalized spacial score (nSPS) is 15.7. The number of hydrogen-bond acceptors (Lipinski definition) is 6. The Morgan fingerprint density at radius 1 is 0.489 bits per heavy atom. The lowest BCUT2D eigenvalue weighted by Gasteiger charge is -2.43. The zero-order valence-electron chi connectivity index (χ0n) is 23.1. The largest absolute Gasteiger partial charge is 0.460 e. The van der Waals surface area contributed by atoms with E-state index in [9.17, 15) is 92.6 Å². The van der Waals surface area contributed by atoms with Gasteiger partial charge in [-0.3, -0.25) is 9.59 Å². The van der Waals surface area contributed by atoms with Crippen molar-refractivity contribution in [1.29, 1.82) is 0 Å². The van der Waals surface area contributed by atoms with Gasteiger partial charge >= 0.3 is 58.9 Å². The van der Waals surface area contributed by atoms with Crippen molar-refractivity contribution in [3.05, 3.63) is 0 Å². The van der Waals surface area contributed by atoms with E-state index in [4.69, 9.17) is 0 Å². The van der Waals surface area contributed by atoms with Crippen molar-refractivity contribution in [2.24, 2.45) is 0 Å². The van der Waals surface area contributed by atoms with E-state index in [-0.39, 0.29) is 0 Å². The maximum absolute atomic E-state index is 14.7. The van der Waals surface area contributed by atoms with Crippen LogP contribution in [0.15, 0.2) is 0 Å². The quantitative estimate of drug-likeness (QED) is 0.174. The summed E-state index contributed by atoms with van der Waals surface area (Å²) in [6, 6.07) is 0. The van der Waals surface area contributed by atoms with Crippen LogP contribution in [-0.2, 0) is 29.1 Å². The number of carbonyl (C=O) groups is 2. The molecule has 0 fully saturated rings. The summed E-state index contributed by atoms with van der Waals surface area (Å²) in [7, 11) is -7.96. The molecule has 0 aromatic carbocycles. The van der Waals surface area contributed by atoms with Crippen molar-refractivity contribution < 1.29 is 102 Å². The van der Waals surface area contributed by atoms with Crippen molar-refractivity contribution in [3.63, 3.8) is 0 Å².